The van der Waals surface area contributed by atoms with Gasteiger partial charge in [0, 0.05) is 30.3 Å². The van der Waals surface area contributed by atoms with Crippen molar-refractivity contribution in [2.45, 2.75) is 37.8 Å². The number of amides is 1. The van der Waals surface area contributed by atoms with Gasteiger partial charge in [-0.1, -0.05) is 6.07 Å². The maximum Gasteiger partial charge on any atom is 0.411 e. The molecule has 0 spiro atoms. The van der Waals surface area contributed by atoms with E-state index in [4.69, 9.17) is 10.5 Å². The molecule has 1 aromatic heterocycles. The van der Waals surface area contributed by atoms with Crippen LogP contribution < -0.4 is 5.73 Å². The van der Waals surface area contributed by atoms with E-state index in [2.05, 4.69) is 4.98 Å². The van der Waals surface area contributed by atoms with Crippen LogP contribution in [0.2, 0.25) is 0 Å². The van der Waals surface area contributed by atoms with Gasteiger partial charge in [0.15, 0.2) is 0 Å². The van der Waals surface area contributed by atoms with Gasteiger partial charge in [0.05, 0.1) is 6.04 Å². The first-order chi connectivity index (χ1) is 9.42. The van der Waals surface area contributed by atoms with Crippen LogP contribution in [0.3, 0.4) is 0 Å². The van der Waals surface area contributed by atoms with Crippen molar-refractivity contribution in [3.63, 3.8) is 0 Å². The quantitative estimate of drug-likeness (QED) is 0.907. The molecule has 1 aliphatic heterocycles. The minimum atomic E-state index is -0.511. The molecule has 2 rings (SSSR count). The molecule has 6 heteroatoms. The standard InChI is InChI=1S/C14H21N3O2S/c1-14(2,3)19-13(18)17-11(7-15)9-20-12(17)10-5-4-6-16-8-10/h4-6,8,11-12H,7,9,15H2,1-3H3. The summed E-state index contributed by atoms with van der Waals surface area (Å²) < 4.78 is 5.50. The van der Waals surface area contributed by atoms with Crippen molar-refractivity contribution in [1.82, 2.24) is 9.88 Å². The summed E-state index contributed by atoms with van der Waals surface area (Å²) in [4.78, 5) is 18.3. The molecule has 110 valence electrons. The largest absolute Gasteiger partial charge is 0.444 e. The molecule has 2 unspecified atom stereocenters. The Morgan fingerprint density at radius 2 is 2.35 bits per heavy atom. The molecule has 5 nitrogen and oxygen atoms in total. The Kier molecular flexibility index (Phi) is 4.55. The van der Waals surface area contributed by atoms with Crippen molar-refractivity contribution in [2.75, 3.05) is 12.3 Å². The minimum absolute atomic E-state index is 0.0000520. The van der Waals surface area contributed by atoms with Gasteiger partial charge in [0.25, 0.3) is 0 Å². The third-order valence-electron chi connectivity index (χ3n) is 2.94. The van der Waals surface area contributed by atoms with Crippen LogP contribution in [0, 0.1) is 0 Å². The summed E-state index contributed by atoms with van der Waals surface area (Å²) >= 11 is 1.70. The van der Waals surface area contributed by atoms with Crippen LogP contribution in [0.5, 0.6) is 0 Å². The number of carbonyl (C=O) groups is 1. The Bertz CT molecular complexity index is 461. The number of carbonyl (C=O) groups excluding carboxylic acids is 1. The number of aromatic nitrogens is 1. The number of hydrogen-bond donors (Lipinski definition) is 1. The summed E-state index contributed by atoms with van der Waals surface area (Å²) in [6.45, 7) is 6.03. The lowest BCUT2D eigenvalue weighted by molar-refractivity contribution is 0.0180. The summed E-state index contributed by atoms with van der Waals surface area (Å²) in [6.07, 6.45) is 3.20. The second kappa shape index (κ2) is 6.01. The number of ether oxygens (including phenoxy) is 1. The summed E-state index contributed by atoms with van der Waals surface area (Å²) in [5.41, 5.74) is 6.28. The normalized spacial score (nSPS) is 22.9. The lowest BCUT2D eigenvalue weighted by atomic mass is 10.2. The molecule has 20 heavy (non-hydrogen) atoms. The van der Waals surface area contributed by atoms with Crippen molar-refractivity contribution in [1.29, 1.82) is 0 Å². The van der Waals surface area contributed by atoms with E-state index in [-0.39, 0.29) is 17.5 Å². The van der Waals surface area contributed by atoms with Gasteiger partial charge in [0.1, 0.15) is 11.0 Å². The van der Waals surface area contributed by atoms with Crippen LogP contribution in [-0.2, 0) is 4.74 Å². The third-order valence-corrected chi connectivity index (χ3v) is 4.33. The first-order valence-corrected chi connectivity index (χ1v) is 7.70. The van der Waals surface area contributed by atoms with Crippen molar-refractivity contribution >= 4 is 17.9 Å². The van der Waals surface area contributed by atoms with Crippen LogP contribution in [0.25, 0.3) is 0 Å². The van der Waals surface area contributed by atoms with Gasteiger partial charge in [-0.05, 0) is 26.8 Å². The van der Waals surface area contributed by atoms with E-state index >= 15 is 0 Å². The molecule has 1 saturated heterocycles. The second-order valence-corrected chi connectivity index (χ2v) is 6.86. The van der Waals surface area contributed by atoms with E-state index in [1.807, 2.05) is 32.9 Å². The molecular formula is C14H21N3O2S. The molecule has 2 N–H and O–H groups in total. The highest BCUT2D eigenvalue weighted by atomic mass is 32.2. The maximum atomic E-state index is 12.4. The Morgan fingerprint density at radius 3 is 2.90 bits per heavy atom. The zero-order chi connectivity index (χ0) is 14.8. The molecule has 0 aliphatic carbocycles. The first-order valence-electron chi connectivity index (χ1n) is 6.65. The molecule has 1 fully saturated rings. The van der Waals surface area contributed by atoms with Crippen LogP contribution >= 0.6 is 11.8 Å². The van der Waals surface area contributed by atoms with Gasteiger partial charge >= 0.3 is 6.09 Å². The minimum Gasteiger partial charge on any atom is -0.444 e. The summed E-state index contributed by atoms with van der Waals surface area (Å²) in [5.74, 6) is 0.815. The molecule has 1 amide bonds. The highest BCUT2D eigenvalue weighted by Gasteiger charge is 2.40. The third kappa shape index (κ3) is 3.43. The number of nitrogens with zero attached hydrogens (tertiary/aromatic N) is 2. The number of nitrogens with two attached hydrogens (primary N) is 1. The molecular weight excluding hydrogens is 274 g/mol. The summed E-state index contributed by atoms with van der Waals surface area (Å²) in [7, 11) is 0. The maximum absolute atomic E-state index is 12.4. The van der Waals surface area contributed by atoms with E-state index in [0.29, 0.717) is 6.54 Å². The Balaban J connectivity index is 2.22. The predicted octanol–water partition coefficient (Wildman–Crippen LogP) is 2.39. The van der Waals surface area contributed by atoms with E-state index in [1.165, 1.54) is 0 Å². The average Bonchev–Trinajstić information content (AvgIpc) is 2.81. The lowest BCUT2D eigenvalue weighted by Crippen LogP contribution is -2.44. The average molecular weight is 295 g/mol. The monoisotopic (exact) mass is 295 g/mol. The number of rotatable bonds is 2. The van der Waals surface area contributed by atoms with Crippen molar-refractivity contribution in [3.8, 4) is 0 Å². The Hall–Kier alpha value is -1.27. The zero-order valence-corrected chi connectivity index (χ0v) is 12.9. The topological polar surface area (TPSA) is 68.5 Å². The Labute approximate surface area is 123 Å². The fraction of sp³-hybridized carbons (Fsp3) is 0.571. The SMILES string of the molecule is CC(C)(C)OC(=O)N1C(CN)CSC1c1cccnc1. The van der Waals surface area contributed by atoms with Gasteiger partial charge < -0.3 is 10.5 Å². The fourth-order valence-corrected chi connectivity index (χ4v) is 3.53. The van der Waals surface area contributed by atoms with Gasteiger partial charge in [-0.2, -0.15) is 0 Å². The van der Waals surface area contributed by atoms with Gasteiger partial charge in [-0.15, -0.1) is 11.8 Å². The molecule has 0 saturated carbocycles. The number of hydrogen-bond acceptors (Lipinski definition) is 5. The van der Waals surface area contributed by atoms with E-state index in [9.17, 15) is 4.79 Å². The van der Waals surface area contributed by atoms with Crippen molar-refractivity contribution < 1.29 is 9.53 Å². The smallest absolute Gasteiger partial charge is 0.411 e. The second-order valence-electron chi connectivity index (χ2n) is 5.75. The van der Waals surface area contributed by atoms with Gasteiger partial charge in [-0.3, -0.25) is 9.88 Å². The molecule has 0 aromatic carbocycles. The first kappa shape index (κ1) is 15.1. The van der Waals surface area contributed by atoms with Crippen LogP contribution in [-0.4, -0.2) is 39.9 Å². The van der Waals surface area contributed by atoms with Crippen LogP contribution in [0.4, 0.5) is 4.79 Å². The fourth-order valence-electron chi connectivity index (χ4n) is 2.07. The van der Waals surface area contributed by atoms with Gasteiger partial charge in [-0.25, -0.2) is 4.79 Å². The zero-order valence-electron chi connectivity index (χ0n) is 12.1. The van der Waals surface area contributed by atoms with E-state index < -0.39 is 5.60 Å². The summed E-state index contributed by atoms with van der Waals surface area (Å²) in [6, 6.07) is 3.85. The Morgan fingerprint density at radius 1 is 1.60 bits per heavy atom. The highest BCUT2D eigenvalue weighted by molar-refractivity contribution is 7.99. The molecule has 1 aliphatic rings. The molecule has 2 atom stereocenters. The van der Waals surface area contributed by atoms with E-state index in [1.54, 1.807) is 29.1 Å². The molecule has 2 heterocycles. The number of pyridine rings is 1. The van der Waals surface area contributed by atoms with Gasteiger partial charge in [0.2, 0.25) is 0 Å². The lowest BCUT2D eigenvalue weighted by Gasteiger charge is -2.31. The molecule has 0 radical (unpaired) electrons. The molecule has 0 bridgehead atoms. The van der Waals surface area contributed by atoms with Crippen LogP contribution in [0.1, 0.15) is 31.7 Å². The van der Waals surface area contributed by atoms with Crippen LogP contribution in [0.15, 0.2) is 24.5 Å². The van der Waals surface area contributed by atoms with Crippen molar-refractivity contribution in [3.05, 3.63) is 30.1 Å². The highest BCUT2D eigenvalue weighted by Crippen LogP contribution is 2.41. The van der Waals surface area contributed by atoms with E-state index in [0.717, 1.165) is 11.3 Å². The predicted molar refractivity (Wildman–Crippen MR) is 80.4 cm³/mol. The molecule has 1 aromatic rings. The van der Waals surface area contributed by atoms with Crippen molar-refractivity contribution in [2.24, 2.45) is 5.73 Å². The summed E-state index contributed by atoms with van der Waals surface area (Å²) in [5, 5.41) is -0.0768. The number of thioether (sulfide) groups is 1.